The summed E-state index contributed by atoms with van der Waals surface area (Å²) in [7, 11) is 0. The Bertz CT molecular complexity index is 294. The molecule has 2 aliphatic carbocycles. The average Bonchev–Trinajstić information content (AvgIpc) is 2.97. The summed E-state index contributed by atoms with van der Waals surface area (Å²) >= 11 is 1.98. The van der Waals surface area contributed by atoms with Gasteiger partial charge in [-0.25, -0.2) is 5.84 Å². The number of thioether (sulfide) groups is 1. The first-order valence-corrected chi connectivity index (χ1v) is 8.83. The number of nitrogens with zero attached hydrogens (tertiary/aromatic N) is 1. The maximum absolute atomic E-state index is 5.60. The molecule has 0 bridgehead atoms. The molecule has 2 saturated carbocycles. The number of hydrogen-bond acceptors (Lipinski definition) is 3. The molecule has 2 aliphatic rings. The standard InChI is InChI=1S/C14H28N4S/c1-19-14(9-5-2-6-10-14)11-16-13(18-15)17-12-7-3-4-8-12/h12H,2-11,15H2,1H3,(H2,16,17,18). The van der Waals surface area contributed by atoms with Gasteiger partial charge in [0.1, 0.15) is 0 Å². The van der Waals surface area contributed by atoms with E-state index in [9.17, 15) is 0 Å². The fraction of sp³-hybridized carbons (Fsp3) is 0.929. The zero-order valence-corrected chi connectivity index (χ0v) is 12.9. The van der Waals surface area contributed by atoms with Crippen molar-refractivity contribution >= 4 is 17.7 Å². The van der Waals surface area contributed by atoms with Crippen LogP contribution in [-0.4, -0.2) is 29.5 Å². The van der Waals surface area contributed by atoms with Crippen LogP contribution in [0.1, 0.15) is 57.8 Å². The monoisotopic (exact) mass is 284 g/mol. The van der Waals surface area contributed by atoms with Crippen LogP contribution in [0, 0.1) is 0 Å². The van der Waals surface area contributed by atoms with Gasteiger partial charge in [0.2, 0.25) is 5.96 Å². The number of guanidine groups is 1. The minimum absolute atomic E-state index is 0.345. The van der Waals surface area contributed by atoms with Gasteiger partial charge in [0, 0.05) is 10.8 Å². The molecule has 5 heteroatoms. The van der Waals surface area contributed by atoms with Gasteiger partial charge >= 0.3 is 0 Å². The first kappa shape index (κ1) is 15.0. The number of hydrogen-bond donors (Lipinski definition) is 3. The van der Waals surface area contributed by atoms with E-state index in [2.05, 4.69) is 17.0 Å². The molecule has 110 valence electrons. The lowest BCUT2D eigenvalue weighted by molar-refractivity contribution is 0.404. The van der Waals surface area contributed by atoms with Gasteiger partial charge in [-0.05, 0) is 31.9 Å². The Labute approximate surface area is 121 Å². The molecule has 0 heterocycles. The summed E-state index contributed by atoms with van der Waals surface area (Å²) in [4.78, 5) is 4.72. The predicted octanol–water partition coefficient (Wildman–Crippen LogP) is 2.40. The highest BCUT2D eigenvalue weighted by Crippen LogP contribution is 2.38. The molecule has 4 N–H and O–H groups in total. The average molecular weight is 284 g/mol. The Balaban J connectivity index is 1.89. The Morgan fingerprint density at radius 1 is 1.21 bits per heavy atom. The Hall–Kier alpha value is -0.420. The second kappa shape index (κ2) is 7.39. The van der Waals surface area contributed by atoms with E-state index in [1.54, 1.807) is 0 Å². The fourth-order valence-corrected chi connectivity index (χ4v) is 4.13. The van der Waals surface area contributed by atoms with Gasteiger partial charge in [-0.2, -0.15) is 11.8 Å². The molecule has 2 rings (SSSR count). The summed E-state index contributed by atoms with van der Waals surface area (Å²) < 4.78 is 0.345. The second-order valence-corrected chi connectivity index (χ2v) is 7.16. The molecular weight excluding hydrogens is 256 g/mol. The van der Waals surface area contributed by atoms with E-state index in [-0.39, 0.29) is 0 Å². The molecule has 19 heavy (non-hydrogen) atoms. The Morgan fingerprint density at radius 3 is 2.47 bits per heavy atom. The number of nitrogens with two attached hydrogens (primary N) is 1. The van der Waals surface area contributed by atoms with Gasteiger partial charge in [-0.1, -0.05) is 32.1 Å². The zero-order valence-electron chi connectivity index (χ0n) is 12.1. The molecule has 0 aromatic carbocycles. The lowest BCUT2D eigenvalue weighted by atomic mass is 9.88. The minimum atomic E-state index is 0.345. The van der Waals surface area contributed by atoms with Gasteiger partial charge in [0.05, 0.1) is 6.54 Å². The molecule has 0 spiro atoms. The van der Waals surface area contributed by atoms with E-state index in [1.165, 1.54) is 57.8 Å². The smallest absolute Gasteiger partial charge is 0.205 e. The molecule has 0 aliphatic heterocycles. The van der Waals surface area contributed by atoms with Crippen LogP contribution in [0.3, 0.4) is 0 Å². The zero-order chi connectivity index (χ0) is 13.6. The first-order valence-electron chi connectivity index (χ1n) is 7.61. The molecule has 0 amide bonds. The highest BCUT2D eigenvalue weighted by Gasteiger charge is 2.31. The third-order valence-corrected chi connectivity index (χ3v) is 5.96. The fourth-order valence-electron chi connectivity index (χ4n) is 3.24. The number of nitrogens with one attached hydrogen (secondary N) is 2. The normalized spacial score (nSPS) is 24.4. The topological polar surface area (TPSA) is 62.4 Å². The minimum Gasteiger partial charge on any atom is -0.353 e. The van der Waals surface area contributed by atoms with E-state index in [0.29, 0.717) is 10.8 Å². The van der Waals surface area contributed by atoms with Crippen LogP contribution >= 0.6 is 11.8 Å². The molecule has 2 fully saturated rings. The molecule has 4 nitrogen and oxygen atoms in total. The van der Waals surface area contributed by atoms with Crippen LogP contribution in [0.5, 0.6) is 0 Å². The van der Waals surface area contributed by atoms with Gasteiger partial charge in [0.25, 0.3) is 0 Å². The van der Waals surface area contributed by atoms with Crippen LogP contribution in [0.25, 0.3) is 0 Å². The van der Waals surface area contributed by atoms with Crippen molar-refractivity contribution in [3.63, 3.8) is 0 Å². The summed E-state index contributed by atoms with van der Waals surface area (Å²) in [6.45, 7) is 0.882. The van der Waals surface area contributed by atoms with E-state index in [0.717, 1.165) is 12.5 Å². The summed E-state index contributed by atoms with van der Waals surface area (Å²) in [5, 5.41) is 3.45. The lowest BCUT2D eigenvalue weighted by Gasteiger charge is -2.34. The molecule has 0 saturated heterocycles. The predicted molar refractivity (Wildman–Crippen MR) is 84.3 cm³/mol. The third kappa shape index (κ3) is 4.28. The highest BCUT2D eigenvalue weighted by molar-refractivity contribution is 8.00. The van der Waals surface area contributed by atoms with E-state index >= 15 is 0 Å². The SMILES string of the molecule is CSC1(CN=C(NN)NC2CCCC2)CCCCC1. The quantitative estimate of drug-likeness (QED) is 0.321. The van der Waals surface area contributed by atoms with Crippen LogP contribution < -0.4 is 16.6 Å². The van der Waals surface area contributed by atoms with E-state index in [1.807, 2.05) is 11.8 Å². The van der Waals surface area contributed by atoms with Gasteiger partial charge < -0.3 is 5.32 Å². The maximum atomic E-state index is 5.60. The summed E-state index contributed by atoms with van der Waals surface area (Å²) in [5.74, 6) is 6.38. The van der Waals surface area contributed by atoms with Crippen molar-refractivity contribution in [3.8, 4) is 0 Å². The van der Waals surface area contributed by atoms with E-state index < -0.39 is 0 Å². The van der Waals surface area contributed by atoms with Gasteiger partial charge in [0.15, 0.2) is 0 Å². The van der Waals surface area contributed by atoms with Crippen molar-refractivity contribution in [2.24, 2.45) is 10.8 Å². The third-order valence-electron chi connectivity index (χ3n) is 4.56. The number of rotatable bonds is 4. The van der Waals surface area contributed by atoms with Crippen LogP contribution in [0.2, 0.25) is 0 Å². The summed E-state index contributed by atoms with van der Waals surface area (Å²) in [6.07, 6.45) is 14.0. The molecule has 0 aromatic rings. The maximum Gasteiger partial charge on any atom is 0.205 e. The second-order valence-electron chi connectivity index (χ2n) is 5.88. The van der Waals surface area contributed by atoms with Gasteiger partial charge in [-0.3, -0.25) is 10.4 Å². The Morgan fingerprint density at radius 2 is 1.89 bits per heavy atom. The van der Waals surface area contributed by atoms with Crippen LogP contribution in [0.4, 0.5) is 0 Å². The van der Waals surface area contributed by atoms with Crippen LogP contribution in [0.15, 0.2) is 4.99 Å². The molecule has 0 unspecified atom stereocenters. The molecular formula is C14H28N4S. The number of hydrazine groups is 1. The summed E-state index contributed by atoms with van der Waals surface area (Å²) in [5.41, 5.74) is 2.74. The van der Waals surface area contributed by atoms with E-state index in [4.69, 9.17) is 10.8 Å². The number of aliphatic imine (C=N–C) groups is 1. The largest absolute Gasteiger partial charge is 0.353 e. The van der Waals surface area contributed by atoms with Crippen LogP contribution in [-0.2, 0) is 0 Å². The van der Waals surface area contributed by atoms with Crippen molar-refractivity contribution < 1.29 is 0 Å². The lowest BCUT2D eigenvalue weighted by Crippen LogP contribution is -2.46. The van der Waals surface area contributed by atoms with Crippen molar-refractivity contribution in [3.05, 3.63) is 0 Å². The van der Waals surface area contributed by atoms with Crippen molar-refractivity contribution in [1.82, 2.24) is 10.7 Å². The van der Waals surface area contributed by atoms with Gasteiger partial charge in [-0.15, -0.1) is 0 Å². The molecule has 0 aromatic heterocycles. The Kier molecular flexibility index (Phi) is 5.82. The highest BCUT2D eigenvalue weighted by atomic mass is 32.2. The van der Waals surface area contributed by atoms with Crippen molar-refractivity contribution in [2.45, 2.75) is 68.6 Å². The van der Waals surface area contributed by atoms with Crippen molar-refractivity contribution in [2.75, 3.05) is 12.8 Å². The van der Waals surface area contributed by atoms with Crippen molar-refractivity contribution in [1.29, 1.82) is 0 Å². The first-order chi connectivity index (χ1) is 9.28. The molecule has 0 radical (unpaired) electrons. The summed E-state index contributed by atoms with van der Waals surface area (Å²) in [6, 6.07) is 0.561. The molecule has 0 atom stereocenters.